The maximum absolute atomic E-state index is 11.1. The monoisotopic (exact) mass is 197 g/mol. The molecule has 0 aliphatic rings. The molecule has 13 heavy (non-hydrogen) atoms. The highest BCUT2D eigenvalue weighted by molar-refractivity contribution is 7.89. The fraction of sp³-hybridized carbons (Fsp3) is 0.333. The van der Waals surface area contributed by atoms with Crippen molar-refractivity contribution in [1.82, 2.24) is 0 Å². The molecule has 0 bridgehead atoms. The van der Waals surface area contributed by atoms with Gasteiger partial charge in [0, 0.05) is 0 Å². The minimum Gasteiger partial charge on any atom is -0.225 e. The third-order valence-electron chi connectivity index (χ3n) is 1.72. The van der Waals surface area contributed by atoms with Gasteiger partial charge in [0.05, 0.1) is 4.90 Å². The quantitative estimate of drug-likeness (QED) is 0.725. The van der Waals surface area contributed by atoms with E-state index in [4.69, 9.17) is 5.14 Å². The van der Waals surface area contributed by atoms with Gasteiger partial charge in [0.1, 0.15) is 0 Å². The summed E-state index contributed by atoms with van der Waals surface area (Å²) in [7, 11) is -3.64. The van der Waals surface area contributed by atoms with Gasteiger partial charge in [-0.2, -0.15) is 0 Å². The van der Waals surface area contributed by atoms with Crippen molar-refractivity contribution in [3.63, 3.8) is 0 Å². The van der Waals surface area contributed by atoms with E-state index in [1.54, 1.807) is 13.8 Å². The molecule has 2 N–H and O–H groups in total. The molecular formula is C9H11NO2S. The van der Waals surface area contributed by atoms with Gasteiger partial charge in [-0.1, -0.05) is 0 Å². The molecule has 0 aliphatic carbocycles. The molecule has 3 nitrogen and oxygen atoms in total. The van der Waals surface area contributed by atoms with Crippen molar-refractivity contribution in [2.45, 2.75) is 25.7 Å². The zero-order valence-electron chi connectivity index (χ0n) is 7.80. The first kappa shape index (κ1) is 10.2. The molecule has 0 heterocycles. The van der Waals surface area contributed by atoms with Crippen LogP contribution in [0.4, 0.5) is 0 Å². The summed E-state index contributed by atoms with van der Waals surface area (Å²) >= 11 is 0. The highest BCUT2D eigenvalue weighted by Gasteiger charge is 2.15. The van der Waals surface area contributed by atoms with E-state index in [1.807, 2.05) is 6.92 Å². The third-order valence-corrected chi connectivity index (χ3v) is 2.90. The normalized spacial score (nSPS) is 11.7. The number of primary sulfonamides is 1. The predicted molar refractivity (Wildman–Crippen MR) is 49.7 cm³/mol. The van der Waals surface area contributed by atoms with Gasteiger partial charge in [-0.05, 0) is 49.6 Å². The summed E-state index contributed by atoms with van der Waals surface area (Å²) in [4.78, 5) is 0.137. The molecule has 2 radical (unpaired) electrons. The summed E-state index contributed by atoms with van der Waals surface area (Å²) in [5.74, 6) is 0. The fourth-order valence-corrected chi connectivity index (χ4v) is 2.37. The lowest BCUT2D eigenvalue weighted by atomic mass is 10.1. The fourth-order valence-electron chi connectivity index (χ4n) is 1.42. The van der Waals surface area contributed by atoms with Gasteiger partial charge in [0.25, 0.3) is 0 Å². The molecule has 4 heteroatoms. The van der Waals surface area contributed by atoms with Crippen LogP contribution < -0.4 is 5.14 Å². The van der Waals surface area contributed by atoms with E-state index < -0.39 is 10.0 Å². The molecule has 0 aliphatic heterocycles. The second-order valence-electron chi connectivity index (χ2n) is 3.00. The third kappa shape index (κ3) is 2.08. The summed E-state index contributed by atoms with van der Waals surface area (Å²) in [5, 5.41) is 5.04. The molecule has 1 rings (SSSR count). The van der Waals surface area contributed by atoms with Crippen LogP contribution in [-0.2, 0) is 10.0 Å². The van der Waals surface area contributed by atoms with E-state index >= 15 is 0 Å². The maximum Gasteiger partial charge on any atom is 0.238 e. The Kier molecular flexibility index (Phi) is 2.45. The van der Waals surface area contributed by atoms with Crippen LogP contribution in [0.3, 0.4) is 0 Å². The molecule has 0 atom stereocenters. The summed E-state index contributed by atoms with van der Waals surface area (Å²) in [5.41, 5.74) is 1.90. The van der Waals surface area contributed by atoms with E-state index in [9.17, 15) is 8.42 Å². The lowest BCUT2D eigenvalue weighted by Gasteiger charge is -2.07. The zero-order valence-corrected chi connectivity index (χ0v) is 8.62. The van der Waals surface area contributed by atoms with Gasteiger partial charge in [0.15, 0.2) is 0 Å². The number of hydrogen-bond acceptors (Lipinski definition) is 2. The van der Waals surface area contributed by atoms with Crippen LogP contribution in [0, 0.1) is 32.9 Å². The molecule has 0 fully saturated rings. The molecular weight excluding hydrogens is 186 g/mol. The van der Waals surface area contributed by atoms with Crippen LogP contribution in [0.15, 0.2) is 4.90 Å². The van der Waals surface area contributed by atoms with E-state index in [-0.39, 0.29) is 4.90 Å². The zero-order chi connectivity index (χ0) is 10.2. The SMILES string of the molecule is Cc1[c]c(C)c(S(N)(=O)=O)c(C)[c]1. The predicted octanol–water partition coefficient (Wildman–Crippen LogP) is 0.860. The molecule has 0 saturated heterocycles. The number of rotatable bonds is 1. The molecule has 70 valence electrons. The Morgan fingerprint density at radius 1 is 1.08 bits per heavy atom. The lowest BCUT2D eigenvalue weighted by molar-refractivity contribution is 0.596. The van der Waals surface area contributed by atoms with Crippen LogP contribution in [0.1, 0.15) is 16.7 Å². The van der Waals surface area contributed by atoms with Crippen molar-refractivity contribution in [2.75, 3.05) is 0 Å². The second kappa shape index (κ2) is 3.12. The van der Waals surface area contributed by atoms with E-state index in [2.05, 4.69) is 12.1 Å². The largest absolute Gasteiger partial charge is 0.238 e. The minimum atomic E-state index is -3.64. The van der Waals surface area contributed by atoms with Gasteiger partial charge in [0.2, 0.25) is 10.0 Å². The highest BCUT2D eigenvalue weighted by atomic mass is 32.2. The van der Waals surface area contributed by atoms with Crippen LogP contribution in [-0.4, -0.2) is 8.42 Å². The lowest BCUT2D eigenvalue weighted by Crippen LogP contribution is -2.15. The Morgan fingerprint density at radius 3 is 1.77 bits per heavy atom. The number of aryl methyl sites for hydroxylation is 3. The van der Waals surface area contributed by atoms with E-state index in [0.717, 1.165) is 5.56 Å². The molecule has 1 aromatic carbocycles. The van der Waals surface area contributed by atoms with Gasteiger partial charge >= 0.3 is 0 Å². The van der Waals surface area contributed by atoms with E-state index in [1.165, 1.54) is 0 Å². The Balaban J connectivity index is 3.57. The van der Waals surface area contributed by atoms with Gasteiger partial charge in [-0.15, -0.1) is 0 Å². The summed E-state index contributed by atoms with van der Waals surface area (Å²) in [6.07, 6.45) is 0. The van der Waals surface area contributed by atoms with Crippen LogP contribution in [0.5, 0.6) is 0 Å². The molecule has 0 aromatic heterocycles. The van der Waals surface area contributed by atoms with Crippen molar-refractivity contribution < 1.29 is 8.42 Å². The second-order valence-corrected chi connectivity index (χ2v) is 4.50. The van der Waals surface area contributed by atoms with Gasteiger partial charge < -0.3 is 0 Å². The van der Waals surface area contributed by atoms with Crippen molar-refractivity contribution in [3.8, 4) is 0 Å². The Hall–Kier alpha value is -0.870. The van der Waals surface area contributed by atoms with Crippen molar-refractivity contribution in [3.05, 3.63) is 28.8 Å². The van der Waals surface area contributed by atoms with Gasteiger partial charge in [-0.3, -0.25) is 0 Å². The first-order valence-electron chi connectivity index (χ1n) is 3.77. The van der Waals surface area contributed by atoms with Gasteiger partial charge in [-0.25, -0.2) is 13.6 Å². The molecule has 1 aromatic rings. The molecule has 0 amide bonds. The molecule has 0 saturated carbocycles. The molecule has 0 spiro atoms. The first-order valence-corrected chi connectivity index (χ1v) is 5.32. The standard InChI is InChI=1S/C9H11NO2S/c1-6-4-7(2)9(8(3)5-6)13(10,11)12/h1-3H3,(H2,10,11,12). The average molecular weight is 197 g/mol. The Labute approximate surface area is 78.6 Å². The maximum atomic E-state index is 11.1. The smallest absolute Gasteiger partial charge is 0.225 e. The molecule has 0 unspecified atom stereocenters. The van der Waals surface area contributed by atoms with Crippen molar-refractivity contribution in [2.24, 2.45) is 5.14 Å². The van der Waals surface area contributed by atoms with Crippen LogP contribution >= 0.6 is 0 Å². The van der Waals surface area contributed by atoms with Crippen LogP contribution in [0.2, 0.25) is 0 Å². The topological polar surface area (TPSA) is 60.2 Å². The first-order chi connectivity index (χ1) is 5.82. The Bertz CT molecular complexity index is 412. The number of hydrogen-bond donors (Lipinski definition) is 1. The van der Waals surface area contributed by atoms with Crippen LogP contribution in [0.25, 0.3) is 0 Å². The van der Waals surface area contributed by atoms with Crippen molar-refractivity contribution >= 4 is 10.0 Å². The highest BCUT2D eigenvalue weighted by Crippen LogP contribution is 2.18. The number of sulfonamides is 1. The van der Waals surface area contributed by atoms with Crippen molar-refractivity contribution in [1.29, 1.82) is 0 Å². The summed E-state index contributed by atoms with van der Waals surface area (Å²) in [6, 6.07) is 5.74. The average Bonchev–Trinajstić information content (AvgIpc) is 1.78. The minimum absolute atomic E-state index is 0.137. The number of nitrogens with two attached hydrogens (primary N) is 1. The number of benzene rings is 1. The Morgan fingerprint density at radius 2 is 1.46 bits per heavy atom. The van der Waals surface area contributed by atoms with E-state index in [0.29, 0.717) is 11.1 Å². The summed E-state index contributed by atoms with van der Waals surface area (Å²) in [6.45, 7) is 5.16. The summed E-state index contributed by atoms with van der Waals surface area (Å²) < 4.78 is 22.2.